The Kier molecular flexibility index (Phi) is 6.07. The first kappa shape index (κ1) is 19.6. The number of aromatic nitrogens is 2. The minimum atomic E-state index is 0.197. The molecular formula is C22H21N3O2S. The Morgan fingerprint density at radius 2 is 2.00 bits per heavy atom. The van der Waals surface area contributed by atoms with Crippen molar-refractivity contribution in [1.82, 2.24) is 10.2 Å². The number of rotatable bonds is 7. The molecule has 3 aromatic rings. The van der Waals surface area contributed by atoms with Crippen LogP contribution in [0.5, 0.6) is 5.75 Å². The SMILES string of the molecule is C=C(O)CCc1ccc(-c2nnc(-c3ccc(OCC)c(C#N)c3)s2)c(C)c1. The third-order valence-electron chi connectivity index (χ3n) is 4.30. The summed E-state index contributed by atoms with van der Waals surface area (Å²) in [5.41, 5.74) is 4.61. The summed E-state index contributed by atoms with van der Waals surface area (Å²) in [4.78, 5) is 0. The maximum atomic E-state index is 9.36. The third-order valence-corrected chi connectivity index (χ3v) is 5.30. The molecule has 0 unspecified atom stereocenters. The van der Waals surface area contributed by atoms with E-state index in [1.54, 1.807) is 12.1 Å². The van der Waals surface area contributed by atoms with Gasteiger partial charge in [-0.1, -0.05) is 36.1 Å². The first-order valence-corrected chi connectivity index (χ1v) is 9.81. The van der Waals surface area contributed by atoms with E-state index < -0.39 is 0 Å². The number of aryl methyl sites for hydroxylation is 2. The van der Waals surface area contributed by atoms with Crippen LogP contribution in [0.1, 0.15) is 30.0 Å². The highest BCUT2D eigenvalue weighted by atomic mass is 32.1. The van der Waals surface area contributed by atoms with Crippen LogP contribution in [0.3, 0.4) is 0 Å². The highest BCUT2D eigenvalue weighted by Gasteiger charge is 2.13. The number of allylic oxidation sites excluding steroid dienone is 1. The molecule has 28 heavy (non-hydrogen) atoms. The normalized spacial score (nSPS) is 10.5. The van der Waals surface area contributed by atoms with E-state index in [-0.39, 0.29) is 5.76 Å². The van der Waals surface area contributed by atoms with Crippen LogP contribution in [0.4, 0.5) is 0 Å². The number of hydrogen-bond donors (Lipinski definition) is 1. The summed E-state index contributed by atoms with van der Waals surface area (Å²) in [5, 5.41) is 28.9. The van der Waals surface area contributed by atoms with Crippen molar-refractivity contribution in [3.8, 4) is 33.0 Å². The van der Waals surface area contributed by atoms with Crippen LogP contribution in [-0.4, -0.2) is 21.9 Å². The minimum Gasteiger partial charge on any atom is -0.513 e. The monoisotopic (exact) mass is 391 g/mol. The Morgan fingerprint density at radius 3 is 2.68 bits per heavy atom. The molecule has 0 radical (unpaired) electrons. The van der Waals surface area contributed by atoms with Crippen LogP contribution >= 0.6 is 11.3 Å². The Bertz CT molecular complexity index is 1050. The van der Waals surface area contributed by atoms with E-state index >= 15 is 0 Å². The van der Waals surface area contributed by atoms with E-state index in [2.05, 4.69) is 28.9 Å². The average Bonchev–Trinajstić information content (AvgIpc) is 3.16. The van der Waals surface area contributed by atoms with Crippen molar-refractivity contribution in [2.45, 2.75) is 26.7 Å². The van der Waals surface area contributed by atoms with Gasteiger partial charge in [-0.05, 0) is 49.6 Å². The Hall–Kier alpha value is -3.17. The number of ether oxygens (including phenoxy) is 1. The van der Waals surface area contributed by atoms with Gasteiger partial charge in [0.15, 0.2) is 0 Å². The van der Waals surface area contributed by atoms with Crippen molar-refractivity contribution in [3.05, 3.63) is 65.4 Å². The van der Waals surface area contributed by atoms with Gasteiger partial charge in [0, 0.05) is 17.5 Å². The molecule has 1 N–H and O–H groups in total. The van der Waals surface area contributed by atoms with Crippen LogP contribution in [0.2, 0.25) is 0 Å². The van der Waals surface area contributed by atoms with Crippen LogP contribution in [0, 0.1) is 18.3 Å². The fourth-order valence-electron chi connectivity index (χ4n) is 2.89. The second kappa shape index (κ2) is 8.68. The van der Waals surface area contributed by atoms with Crippen molar-refractivity contribution < 1.29 is 9.84 Å². The highest BCUT2D eigenvalue weighted by Crippen LogP contribution is 2.34. The van der Waals surface area contributed by atoms with Crippen molar-refractivity contribution in [1.29, 1.82) is 5.26 Å². The second-order valence-corrected chi connectivity index (χ2v) is 7.36. The van der Waals surface area contributed by atoms with Gasteiger partial charge < -0.3 is 9.84 Å². The van der Waals surface area contributed by atoms with Crippen LogP contribution in [-0.2, 0) is 6.42 Å². The van der Waals surface area contributed by atoms with Gasteiger partial charge in [0.25, 0.3) is 0 Å². The largest absolute Gasteiger partial charge is 0.513 e. The zero-order chi connectivity index (χ0) is 20.1. The number of hydrogen-bond acceptors (Lipinski definition) is 6. The number of nitriles is 1. The van der Waals surface area contributed by atoms with Crippen LogP contribution in [0.15, 0.2) is 48.7 Å². The Labute approximate surface area is 168 Å². The molecule has 0 amide bonds. The van der Waals surface area contributed by atoms with Gasteiger partial charge in [0.05, 0.1) is 17.9 Å². The number of aliphatic hydroxyl groups excluding tert-OH is 1. The number of benzene rings is 2. The minimum absolute atomic E-state index is 0.197. The molecule has 6 heteroatoms. The fourth-order valence-corrected chi connectivity index (χ4v) is 3.82. The predicted octanol–water partition coefficient (Wildman–Crippen LogP) is 5.46. The van der Waals surface area contributed by atoms with E-state index in [9.17, 15) is 10.4 Å². The molecule has 142 valence electrons. The molecule has 0 saturated carbocycles. The van der Waals surface area contributed by atoms with Crippen molar-refractivity contribution in [2.75, 3.05) is 6.61 Å². The van der Waals surface area contributed by atoms with E-state index in [1.165, 1.54) is 11.3 Å². The van der Waals surface area contributed by atoms with Gasteiger partial charge >= 0.3 is 0 Å². The molecule has 0 aliphatic carbocycles. The summed E-state index contributed by atoms with van der Waals surface area (Å²) in [6.45, 7) is 7.97. The summed E-state index contributed by atoms with van der Waals surface area (Å²) in [5.74, 6) is 0.776. The summed E-state index contributed by atoms with van der Waals surface area (Å²) in [6, 6.07) is 13.8. The second-order valence-electron chi connectivity index (χ2n) is 6.38. The zero-order valence-electron chi connectivity index (χ0n) is 15.9. The first-order chi connectivity index (χ1) is 13.5. The zero-order valence-corrected chi connectivity index (χ0v) is 16.7. The van der Waals surface area contributed by atoms with E-state index in [1.807, 2.05) is 32.0 Å². The van der Waals surface area contributed by atoms with Gasteiger partial charge in [0.2, 0.25) is 0 Å². The molecule has 3 rings (SSSR count). The smallest absolute Gasteiger partial charge is 0.148 e. The molecule has 1 heterocycles. The lowest BCUT2D eigenvalue weighted by molar-refractivity contribution is 0.339. The molecular weight excluding hydrogens is 370 g/mol. The lowest BCUT2D eigenvalue weighted by atomic mass is 10.0. The molecule has 0 spiro atoms. The van der Waals surface area contributed by atoms with Gasteiger partial charge in [-0.25, -0.2) is 0 Å². The molecule has 0 aliphatic heterocycles. The van der Waals surface area contributed by atoms with Gasteiger partial charge in [0.1, 0.15) is 21.8 Å². The Morgan fingerprint density at radius 1 is 1.21 bits per heavy atom. The maximum absolute atomic E-state index is 9.36. The van der Waals surface area contributed by atoms with Gasteiger partial charge in [-0.2, -0.15) is 5.26 Å². The fraction of sp³-hybridized carbons (Fsp3) is 0.227. The topological polar surface area (TPSA) is 79.0 Å². The standard InChI is InChI=1S/C22H21N3O2S/c1-4-27-20-10-8-17(12-18(20)13-23)21-24-25-22(28-21)19-9-7-16(11-14(19)2)6-5-15(3)26/h7-12,26H,3-6H2,1-2H3. The molecule has 0 fully saturated rings. The quantitative estimate of drug-likeness (QED) is 0.541. The van der Waals surface area contributed by atoms with Gasteiger partial charge in [-0.15, -0.1) is 10.2 Å². The van der Waals surface area contributed by atoms with E-state index in [4.69, 9.17) is 4.74 Å². The van der Waals surface area contributed by atoms with Gasteiger partial charge in [-0.3, -0.25) is 0 Å². The van der Waals surface area contributed by atoms with Crippen LogP contribution in [0.25, 0.3) is 21.1 Å². The van der Waals surface area contributed by atoms with Crippen molar-refractivity contribution >= 4 is 11.3 Å². The summed E-state index contributed by atoms with van der Waals surface area (Å²) in [7, 11) is 0. The summed E-state index contributed by atoms with van der Waals surface area (Å²) < 4.78 is 5.48. The average molecular weight is 391 g/mol. The lowest BCUT2D eigenvalue weighted by Gasteiger charge is -2.06. The third kappa shape index (κ3) is 4.38. The molecule has 0 saturated heterocycles. The maximum Gasteiger partial charge on any atom is 0.148 e. The lowest BCUT2D eigenvalue weighted by Crippen LogP contribution is -1.94. The Balaban J connectivity index is 1.86. The van der Waals surface area contributed by atoms with Crippen molar-refractivity contribution in [3.63, 3.8) is 0 Å². The molecule has 2 aromatic carbocycles. The number of nitrogens with zero attached hydrogens (tertiary/aromatic N) is 3. The van der Waals surface area contributed by atoms with Crippen LogP contribution < -0.4 is 4.74 Å². The molecule has 1 aromatic heterocycles. The predicted molar refractivity (Wildman–Crippen MR) is 111 cm³/mol. The molecule has 5 nitrogen and oxygen atoms in total. The van der Waals surface area contributed by atoms with Crippen molar-refractivity contribution in [2.24, 2.45) is 0 Å². The first-order valence-electron chi connectivity index (χ1n) is 8.99. The molecule has 0 bridgehead atoms. The molecule has 0 aliphatic rings. The van der Waals surface area contributed by atoms with E-state index in [0.717, 1.165) is 38.7 Å². The number of aliphatic hydroxyl groups is 1. The molecule has 0 atom stereocenters. The summed E-state index contributed by atoms with van der Waals surface area (Å²) in [6.07, 6.45) is 1.31. The van der Waals surface area contributed by atoms with E-state index in [0.29, 0.717) is 24.3 Å². The summed E-state index contributed by atoms with van der Waals surface area (Å²) >= 11 is 1.49. The highest BCUT2D eigenvalue weighted by molar-refractivity contribution is 7.17.